The monoisotopic (exact) mass is 459 g/mol. The number of esters is 1. The molecule has 156 valence electrons. The molecule has 0 saturated heterocycles. The number of ether oxygens (including phenoxy) is 1. The Labute approximate surface area is 177 Å². The molecule has 0 fully saturated rings. The van der Waals surface area contributed by atoms with Crippen LogP contribution in [-0.2, 0) is 15.7 Å². The molecule has 0 bridgehead atoms. The van der Waals surface area contributed by atoms with Crippen LogP contribution in [-0.4, -0.2) is 41.6 Å². The molecule has 1 heterocycles. The first kappa shape index (κ1) is 21.8. The van der Waals surface area contributed by atoms with Crippen molar-refractivity contribution in [2.24, 2.45) is 0 Å². The second-order valence-corrected chi connectivity index (χ2v) is 6.99. The Balaban J connectivity index is 1.64. The normalized spacial score (nSPS) is 13.4. The highest BCUT2D eigenvalue weighted by Crippen LogP contribution is 2.32. The minimum atomic E-state index is -4.63. The standard InChI is InChI=1S/C19H10Cl2F3NO5/c20-13-5-11-12(6-14(13)21)18(29)25(17(11)28)7-16(27)30-8-15(26)9-2-1-3-10(4-9)19(22,23)24/h1-6H,7-8H2. The summed E-state index contributed by atoms with van der Waals surface area (Å²) in [7, 11) is 0. The van der Waals surface area contributed by atoms with Crippen LogP contribution in [0.15, 0.2) is 36.4 Å². The van der Waals surface area contributed by atoms with E-state index >= 15 is 0 Å². The highest BCUT2D eigenvalue weighted by atomic mass is 35.5. The highest BCUT2D eigenvalue weighted by molar-refractivity contribution is 6.43. The van der Waals surface area contributed by atoms with Gasteiger partial charge >= 0.3 is 12.1 Å². The van der Waals surface area contributed by atoms with E-state index in [0.29, 0.717) is 11.0 Å². The van der Waals surface area contributed by atoms with E-state index in [-0.39, 0.29) is 26.7 Å². The van der Waals surface area contributed by atoms with E-state index in [4.69, 9.17) is 27.9 Å². The maximum Gasteiger partial charge on any atom is 0.416 e. The number of nitrogens with zero attached hydrogens (tertiary/aromatic N) is 1. The molecule has 6 nitrogen and oxygen atoms in total. The van der Waals surface area contributed by atoms with Crippen molar-refractivity contribution >= 4 is 46.8 Å². The summed E-state index contributed by atoms with van der Waals surface area (Å²) in [6.45, 7) is -1.65. The van der Waals surface area contributed by atoms with Crippen molar-refractivity contribution in [3.05, 3.63) is 68.7 Å². The third-order valence-electron chi connectivity index (χ3n) is 4.17. The average Bonchev–Trinajstić information content (AvgIpc) is 2.90. The SMILES string of the molecule is O=C(CN1C(=O)c2cc(Cl)c(Cl)cc2C1=O)OCC(=O)c1cccc(C(F)(F)F)c1. The number of amides is 2. The lowest BCUT2D eigenvalue weighted by Gasteiger charge is -2.13. The van der Waals surface area contributed by atoms with E-state index in [0.717, 1.165) is 18.2 Å². The number of alkyl halides is 3. The van der Waals surface area contributed by atoms with Gasteiger partial charge < -0.3 is 4.74 Å². The maximum absolute atomic E-state index is 12.7. The Morgan fingerprint density at radius 3 is 2.07 bits per heavy atom. The summed E-state index contributed by atoms with van der Waals surface area (Å²) >= 11 is 11.7. The van der Waals surface area contributed by atoms with Gasteiger partial charge in [-0.1, -0.05) is 35.3 Å². The van der Waals surface area contributed by atoms with Gasteiger partial charge in [-0.2, -0.15) is 13.2 Å². The summed E-state index contributed by atoms with van der Waals surface area (Å²) in [6.07, 6.45) is -4.63. The van der Waals surface area contributed by atoms with Crippen molar-refractivity contribution in [2.45, 2.75) is 6.18 Å². The number of fused-ring (bicyclic) bond motifs is 1. The van der Waals surface area contributed by atoms with Crippen LogP contribution in [0.3, 0.4) is 0 Å². The van der Waals surface area contributed by atoms with Crippen molar-refractivity contribution < 1.29 is 37.1 Å². The van der Waals surface area contributed by atoms with Gasteiger partial charge in [0, 0.05) is 5.56 Å². The Bertz CT molecular complexity index is 1040. The molecule has 0 spiro atoms. The molecule has 0 unspecified atom stereocenters. The van der Waals surface area contributed by atoms with Crippen LogP contribution in [0.5, 0.6) is 0 Å². The average molecular weight is 460 g/mol. The molecule has 0 atom stereocenters. The molecule has 0 N–H and O–H groups in total. The van der Waals surface area contributed by atoms with E-state index in [1.54, 1.807) is 0 Å². The minimum Gasteiger partial charge on any atom is -0.456 e. The fourth-order valence-corrected chi connectivity index (χ4v) is 3.03. The Morgan fingerprint density at radius 1 is 0.967 bits per heavy atom. The van der Waals surface area contributed by atoms with Gasteiger partial charge in [0.25, 0.3) is 11.8 Å². The van der Waals surface area contributed by atoms with Crippen LogP contribution in [0, 0.1) is 0 Å². The first-order chi connectivity index (χ1) is 14.0. The summed E-state index contributed by atoms with van der Waals surface area (Å²) in [5.41, 5.74) is -1.41. The van der Waals surface area contributed by atoms with Crippen LogP contribution in [0.1, 0.15) is 36.6 Å². The predicted molar refractivity (Wildman–Crippen MR) is 98.6 cm³/mol. The Hall–Kier alpha value is -2.91. The second-order valence-electron chi connectivity index (χ2n) is 6.17. The highest BCUT2D eigenvalue weighted by Gasteiger charge is 2.38. The number of benzene rings is 2. The molecule has 30 heavy (non-hydrogen) atoms. The van der Waals surface area contributed by atoms with Crippen LogP contribution in [0.2, 0.25) is 10.0 Å². The van der Waals surface area contributed by atoms with Gasteiger partial charge in [0.15, 0.2) is 12.4 Å². The van der Waals surface area contributed by atoms with E-state index in [1.165, 1.54) is 12.1 Å². The van der Waals surface area contributed by atoms with E-state index in [2.05, 4.69) is 0 Å². The van der Waals surface area contributed by atoms with Crippen molar-refractivity contribution in [3.63, 3.8) is 0 Å². The van der Waals surface area contributed by atoms with Gasteiger partial charge in [-0.05, 0) is 24.3 Å². The zero-order chi connectivity index (χ0) is 22.2. The number of carbonyl (C=O) groups is 4. The quantitative estimate of drug-likeness (QED) is 0.383. The Kier molecular flexibility index (Phi) is 5.87. The molecule has 11 heteroatoms. The topological polar surface area (TPSA) is 80.8 Å². The van der Waals surface area contributed by atoms with E-state index < -0.39 is 48.5 Å². The number of halogens is 5. The molecule has 3 rings (SSSR count). The van der Waals surface area contributed by atoms with Gasteiger partial charge in [0.1, 0.15) is 6.54 Å². The number of ketones is 1. The molecule has 0 radical (unpaired) electrons. The van der Waals surface area contributed by atoms with E-state index in [9.17, 15) is 32.3 Å². The molecule has 0 aliphatic carbocycles. The third-order valence-corrected chi connectivity index (χ3v) is 4.90. The van der Waals surface area contributed by atoms with Crippen LogP contribution in [0.4, 0.5) is 13.2 Å². The van der Waals surface area contributed by atoms with Gasteiger partial charge in [0.2, 0.25) is 0 Å². The lowest BCUT2D eigenvalue weighted by atomic mass is 10.1. The molecular weight excluding hydrogens is 450 g/mol. The van der Waals surface area contributed by atoms with Crippen LogP contribution >= 0.6 is 23.2 Å². The van der Waals surface area contributed by atoms with Crippen molar-refractivity contribution in [1.82, 2.24) is 4.90 Å². The first-order valence-electron chi connectivity index (χ1n) is 8.20. The third kappa shape index (κ3) is 4.31. The molecule has 2 aromatic carbocycles. The molecule has 0 saturated carbocycles. The zero-order valence-electron chi connectivity index (χ0n) is 14.8. The molecule has 2 amide bonds. The largest absolute Gasteiger partial charge is 0.456 e. The van der Waals surface area contributed by atoms with Crippen LogP contribution < -0.4 is 0 Å². The molecule has 1 aliphatic rings. The lowest BCUT2D eigenvalue weighted by Crippen LogP contribution is -2.36. The summed E-state index contributed by atoms with van der Waals surface area (Å²) < 4.78 is 42.9. The summed E-state index contributed by atoms with van der Waals surface area (Å²) in [4.78, 5) is 49.2. The number of carbonyl (C=O) groups excluding carboxylic acids is 4. The maximum atomic E-state index is 12.7. The number of hydrogen-bond donors (Lipinski definition) is 0. The number of hydrogen-bond acceptors (Lipinski definition) is 5. The molecular formula is C19H10Cl2F3NO5. The molecule has 2 aromatic rings. The second kappa shape index (κ2) is 8.08. The molecule has 0 aromatic heterocycles. The smallest absolute Gasteiger partial charge is 0.416 e. The van der Waals surface area contributed by atoms with Gasteiger partial charge in [-0.15, -0.1) is 0 Å². The van der Waals surface area contributed by atoms with Gasteiger partial charge in [0.05, 0.1) is 26.7 Å². The fourth-order valence-electron chi connectivity index (χ4n) is 2.70. The number of imide groups is 1. The lowest BCUT2D eigenvalue weighted by molar-refractivity contribution is -0.142. The molecule has 1 aliphatic heterocycles. The predicted octanol–water partition coefficient (Wildman–Crippen LogP) is 4.03. The van der Waals surface area contributed by atoms with Crippen molar-refractivity contribution in [1.29, 1.82) is 0 Å². The number of rotatable bonds is 5. The van der Waals surface area contributed by atoms with Crippen molar-refractivity contribution in [2.75, 3.05) is 13.2 Å². The van der Waals surface area contributed by atoms with E-state index in [1.807, 2.05) is 0 Å². The van der Waals surface area contributed by atoms with Crippen LogP contribution in [0.25, 0.3) is 0 Å². The first-order valence-corrected chi connectivity index (χ1v) is 8.96. The summed E-state index contributed by atoms with van der Waals surface area (Å²) in [5, 5.41) is 0.0976. The van der Waals surface area contributed by atoms with Gasteiger partial charge in [-0.25, -0.2) is 0 Å². The zero-order valence-corrected chi connectivity index (χ0v) is 16.3. The van der Waals surface area contributed by atoms with Gasteiger partial charge in [-0.3, -0.25) is 24.1 Å². The Morgan fingerprint density at radius 2 is 1.53 bits per heavy atom. The summed E-state index contributed by atoms with van der Waals surface area (Å²) in [6, 6.07) is 6.01. The summed E-state index contributed by atoms with van der Waals surface area (Å²) in [5.74, 6) is -3.57. The number of Topliss-reactive ketones (excluding diaryl/α,β-unsaturated/α-hetero) is 1. The van der Waals surface area contributed by atoms with Crippen molar-refractivity contribution in [3.8, 4) is 0 Å². The fraction of sp³-hybridized carbons (Fsp3) is 0.158. The minimum absolute atomic E-state index is 0.0396.